The van der Waals surface area contributed by atoms with Gasteiger partial charge in [-0.1, -0.05) is 6.58 Å². The third-order valence-corrected chi connectivity index (χ3v) is 3.86. The van der Waals surface area contributed by atoms with E-state index >= 15 is 0 Å². The van der Waals surface area contributed by atoms with Gasteiger partial charge in [-0.25, -0.2) is 0 Å². The normalized spacial score (nSPS) is 13.6. The zero-order valence-electron chi connectivity index (χ0n) is 11.8. The maximum absolute atomic E-state index is 12.5. The lowest BCUT2D eigenvalue weighted by atomic mass is 10.2. The van der Waals surface area contributed by atoms with Gasteiger partial charge in [0.2, 0.25) is 0 Å². The summed E-state index contributed by atoms with van der Waals surface area (Å²) in [6.45, 7) is 15.3. The van der Waals surface area contributed by atoms with E-state index in [9.17, 15) is 9.36 Å². The highest BCUT2D eigenvalue weighted by Gasteiger charge is 2.42. The van der Waals surface area contributed by atoms with E-state index in [1.807, 2.05) is 0 Å². The summed E-state index contributed by atoms with van der Waals surface area (Å²) in [6.07, 6.45) is 0. The van der Waals surface area contributed by atoms with Crippen LogP contribution in [0, 0.1) is 0 Å². The summed E-state index contributed by atoms with van der Waals surface area (Å²) in [5, 5.41) is 0. The highest BCUT2D eigenvalue weighted by Crippen LogP contribution is 2.56. The minimum atomic E-state index is -3.85. The van der Waals surface area contributed by atoms with Crippen molar-refractivity contribution in [2.24, 2.45) is 0 Å². The Balaban J connectivity index is 5.31. The molecule has 0 unspecified atom stereocenters. The molecule has 0 aliphatic rings. The summed E-state index contributed by atoms with van der Waals surface area (Å²) in [7, 11) is -3.85. The third-order valence-electron chi connectivity index (χ3n) is 1.40. The summed E-state index contributed by atoms with van der Waals surface area (Å²) in [5.41, 5.74) is -1.96. The van der Waals surface area contributed by atoms with E-state index in [0.29, 0.717) is 0 Å². The van der Waals surface area contributed by atoms with E-state index < -0.39 is 24.3 Å². The van der Waals surface area contributed by atoms with Crippen molar-refractivity contribution in [2.75, 3.05) is 0 Å². The van der Waals surface area contributed by atoms with Crippen LogP contribution >= 0.6 is 7.60 Å². The summed E-state index contributed by atoms with van der Waals surface area (Å²) in [6, 6.07) is 0. The molecule has 0 fully saturated rings. The van der Waals surface area contributed by atoms with Crippen molar-refractivity contribution in [1.82, 2.24) is 0 Å². The predicted octanol–water partition coefficient (Wildman–Crippen LogP) is 3.91. The molecule has 17 heavy (non-hydrogen) atoms. The molecule has 0 aliphatic carbocycles. The molecule has 100 valence electrons. The second-order valence-electron chi connectivity index (χ2n) is 5.99. The van der Waals surface area contributed by atoms with Crippen molar-refractivity contribution in [1.29, 1.82) is 0 Å². The minimum Gasteiger partial charge on any atom is -0.297 e. The largest absolute Gasteiger partial charge is 0.402 e. The monoisotopic (exact) mass is 262 g/mol. The first-order valence-electron chi connectivity index (χ1n) is 5.49. The maximum atomic E-state index is 12.5. The molecule has 5 heteroatoms. The third kappa shape index (κ3) is 6.16. The van der Waals surface area contributed by atoms with Crippen LogP contribution in [0.4, 0.5) is 0 Å². The van der Waals surface area contributed by atoms with Gasteiger partial charge in [0, 0.05) is 0 Å². The quantitative estimate of drug-likeness (QED) is 0.569. The van der Waals surface area contributed by atoms with Crippen LogP contribution in [0.1, 0.15) is 48.5 Å². The first kappa shape index (κ1) is 16.6. The van der Waals surface area contributed by atoms with Gasteiger partial charge in [0.25, 0.3) is 5.52 Å². The molecule has 0 aromatic heterocycles. The molecule has 0 N–H and O–H groups in total. The molecule has 0 aromatic carbocycles. The van der Waals surface area contributed by atoms with Crippen LogP contribution in [0.15, 0.2) is 12.2 Å². The number of carbonyl (C=O) groups is 1. The zero-order chi connectivity index (χ0) is 14.1. The van der Waals surface area contributed by atoms with Crippen LogP contribution in [0.3, 0.4) is 0 Å². The Morgan fingerprint density at radius 1 is 1.00 bits per heavy atom. The molecule has 0 saturated heterocycles. The maximum Gasteiger partial charge on any atom is 0.402 e. The Hall–Kier alpha value is -0.440. The molecular formula is C12H23O4P. The van der Waals surface area contributed by atoms with Crippen molar-refractivity contribution < 1.29 is 18.4 Å². The number of rotatable bonds is 4. The average molecular weight is 262 g/mol. The summed E-state index contributed by atoms with van der Waals surface area (Å²) < 4.78 is 23.2. The van der Waals surface area contributed by atoms with Crippen molar-refractivity contribution in [2.45, 2.75) is 59.7 Å². The lowest BCUT2D eigenvalue weighted by Crippen LogP contribution is -2.26. The van der Waals surface area contributed by atoms with Crippen LogP contribution in [0.25, 0.3) is 0 Å². The first-order valence-corrected chi connectivity index (χ1v) is 7.03. The highest BCUT2D eigenvalue weighted by atomic mass is 31.2. The minimum absolute atomic E-state index is 0.168. The SMILES string of the molecule is C=C(C)C(=O)P(=O)(OC(C)(C)C)OC(C)(C)C. The smallest absolute Gasteiger partial charge is 0.297 e. The van der Waals surface area contributed by atoms with E-state index in [1.165, 1.54) is 6.92 Å². The Morgan fingerprint density at radius 3 is 1.47 bits per heavy atom. The van der Waals surface area contributed by atoms with E-state index in [0.717, 1.165) is 0 Å². The number of carbonyl (C=O) groups excluding carboxylic acids is 1. The topological polar surface area (TPSA) is 52.6 Å². The summed E-state index contributed by atoms with van der Waals surface area (Å²) in [4.78, 5) is 11.9. The zero-order valence-corrected chi connectivity index (χ0v) is 12.7. The van der Waals surface area contributed by atoms with Crippen LogP contribution < -0.4 is 0 Å². The van der Waals surface area contributed by atoms with Crippen LogP contribution in [0.5, 0.6) is 0 Å². The Kier molecular flexibility index (Phi) is 4.92. The van der Waals surface area contributed by atoms with Crippen molar-refractivity contribution in [3.63, 3.8) is 0 Å². The Labute approximate surface area is 104 Å². The van der Waals surface area contributed by atoms with Gasteiger partial charge in [-0.15, -0.1) is 0 Å². The molecule has 0 amide bonds. The molecular weight excluding hydrogens is 239 g/mol. The molecule has 0 saturated carbocycles. The van der Waals surface area contributed by atoms with Gasteiger partial charge in [-0.2, -0.15) is 0 Å². The number of hydrogen-bond acceptors (Lipinski definition) is 4. The summed E-state index contributed by atoms with van der Waals surface area (Å²) >= 11 is 0. The summed E-state index contributed by atoms with van der Waals surface area (Å²) in [5.74, 6) is 0. The molecule has 0 bridgehead atoms. The van der Waals surface area contributed by atoms with Crippen LogP contribution in [0.2, 0.25) is 0 Å². The van der Waals surface area contributed by atoms with Gasteiger partial charge in [0.1, 0.15) is 0 Å². The van der Waals surface area contributed by atoms with Crippen LogP contribution in [-0.2, 0) is 18.4 Å². The molecule has 0 aliphatic heterocycles. The first-order chi connectivity index (χ1) is 7.27. The number of hydrogen-bond donors (Lipinski definition) is 0. The predicted molar refractivity (Wildman–Crippen MR) is 69.1 cm³/mol. The molecule has 4 nitrogen and oxygen atoms in total. The van der Waals surface area contributed by atoms with E-state index in [1.54, 1.807) is 41.5 Å². The van der Waals surface area contributed by atoms with Gasteiger partial charge >= 0.3 is 7.60 Å². The van der Waals surface area contributed by atoms with Gasteiger partial charge in [0.15, 0.2) is 0 Å². The molecule has 0 radical (unpaired) electrons. The van der Waals surface area contributed by atoms with Crippen LogP contribution in [-0.4, -0.2) is 16.7 Å². The average Bonchev–Trinajstić information content (AvgIpc) is 1.94. The Morgan fingerprint density at radius 2 is 1.29 bits per heavy atom. The molecule has 0 aromatic rings. The fourth-order valence-corrected chi connectivity index (χ4v) is 3.17. The van der Waals surface area contributed by atoms with E-state index in [4.69, 9.17) is 9.05 Å². The second-order valence-corrected chi connectivity index (χ2v) is 7.76. The highest BCUT2D eigenvalue weighted by molar-refractivity contribution is 7.72. The lowest BCUT2D eigenvalue weighted by molar-refractivity contribution is -0.112. The van der Waals surface area contributed by atoms with Crippen molar-refractivity contribution in [3.05, 3.63) is 12.2 Å². The standard InChI is InChI=1S/C12H23O4P/c1-9(2)10(13)17(14,15-11(3,4)5)16-12(6,7)8/h1H2,2-8H3. The second kappa shape index (κ2) is 5.05. The molecule has 0 rings (SSSR count). The fourth-order valence-electron chi connectivity index (χ4n) is 1.06. The van der Waals surface area contributed by atoms with Gasteiger partial charge < -0.3 is 0 Å². The Bertz CT molecular complexity index is 338. The molecule has 0 heterocycles. The molecule has 0 atom stereocenters. The molecule has 0 spiro atoms. The van der Waals surface area contributed by atoms with Gasteiger partial charge in [0.05, 0.1) is 11.2 Å². The van der Waals surface area contributed by atoms with Gasteiger partial charge in [-0.05, 0) is 54.0 Å². The fraction of sp³-hybridized carbons (Fsp3) is 0.750. The van der Waals surface area contributed by atoms with E-state index in [2.05, 4.69) is 6.58 Å². The number of allylic oxidation sites excluding steroid dienone is 1. The van der Waals surface area contributed by atoms with Crippen molar-refractivity contribution in [3.8, 4) is 0 Å². The van der Waals surface area contributed by atoms with Crippen molar-refractivity contribution >= 4 is 13.1 Å². The van der Waals surface area contributed by atoms with E-state index in [-0.39, 0.29) is 5.57 Å². The lowest BCUT2D eigenvalue weighted by Gasteiger charge is -2.30. The van der Waals surface area contributed by atoms with Gasteiger partial charge in [-0.3, -0.25) is 18.4 Å².